The molecule has 1 N–H and O–H groups in total. The maximum Gasteiger partial charge on any atom is 0.427 e. The molecule has 0 unspecified atom stereocenters. The molecule has 0 heterocycles. The van der Waals surface area contributed by atoms with Gasteiger partial charge in [-0.05, 0) is 46.6 Å². The summed E-state index contributed by atoms with van der Waals surface area (Å²) in [6.07, 6.45) is 0.942. The van der Waals surface area contributed by atoms with Crippen molar-refractivity contribution in [1.82, 2.24) is 5.43 Å². The molecule has 92 valence electrons. The molecule has 17 heavy (non-hydrogen) atoms. The highest BCUT2D eigenvalue weighted by atomic mass is 79.9. The third kappa shape index (κ3) is 4.44. The number of carbonyl (C=O) groups is 1. The van der Waals surface area contributed by atoms with Gasteiger partial charge in [-0.15, -0.1) is 0 Å². The van der Waals surface area contributed by atoms with Crippen LogP contribution in [0.2, 0.25) is 0 Å². The van der Waals surface area contributed by atoms with E-state index < -0.39 is 6.09 Å². The normalized spacial score (nSPS) is 10.3. The first-order valence-corrected chi connectivity index (χ1v) is 5.76. The Bertz CT molecular complexity index is 421. The van der Waals surface area contributed by atoms with E-state index >= 15 is 0 Å². The van der Waals surface area contributed by atoms with Crippen molar-refractivity contribution in [2.75, 3.05) is 13.7 Å². The zero-order valence-electron chi connectivity index (χ0n) is 9.57. The molecule has 0 aliphatic carbocycles. The molecule has 1 aromatic rings. The first-order valence-electron chi connectivity index (χ1n) is 4.96. The average Bonchev–Trinajstić information content (AvgIpc) is 2.29. The fourth-order valence-electron chi connectivity index (χ4n) is 1.09. The van der Waals surface area contributed by atoms with Crippen LogP contribution in [0.4, 0.5) is 4.79 Å². The minimum atomic E-state index is -0.573. The second-order valence-electron chi connectivity index (χ2n) is 2.98. The topological polar surface area (TPSA) is 59.9 Å². The smallest absolute Gasteiger partial charge is 0.427 e. The van der Waals surface area contributed by atoms with Gasteiger partial charge in [0.2, 0.25) is 0 Å². The van der Waals surface area contributed by atoms with Gasteiger partial charge in [0, 0.05) is 0 Å². The highest BCUT2D eigenvalue weighted by molar-refractivity contribution is 9.10. The molecule has 0 aliphatic rings. The van der Waals surface area contributed by atoms with Gasteiger partial charge in [-0.2, -0.15) is 5.10 Å². The van der Waals surface area contributed by atoms with Crippen LogP contribution in [0.1, 0.15) is 12.5 Å². The van der Waals surface area contributed by atoms with Gasteiger partial charge in [0.15, 0.2) is 0 Å². The SMILES string of the molecule is CCOC(=O)NN=Cc1ccc(OC)c(Br)c1. The Morgan fingerprint density at radius 1 is 1.59 bits per heavy atom. The van der Waals surface area contributed by atoms with Gasteiger partial charge in [0.05, 0.1) is 24.4 Å². The Morgan fingerprint density at radius 3 is 2.94 bits per heavy atom. The summed E-state index contributed by atoms with van der Waals surface area (Å²) in [5.74, 6) is 0.737. The van der Waals surface area contributed by atoms with Crippen LogP contribution in [0.25, 0.3) is 0 Å². The molecular formula is C11H13BrN2O3. The van der Waals surface area contributed by atoms with Crippen LogP contribution in [-0.2, 0) is 4.74 Å². The minimum absolute atomic E-state index is 0.315. The third-order valence-corrected chi connectivity index (χ3v) is 2.44. The van der Waals surface area contributed by atoms with E-state index in [9.17, 15) is 4.79 Å². The van der Waals surface area contributed by atoms with Crippen LogP contribution in [0.5, 0.6) is 5.75 Å². The molecule has 5 nitrogen and oxygen atoms in total. The second kappa shape index (κ2) is 6.90. The first kappa shape index (κ1) is 13.5. The summed E-state index contributed by atoms with van der Waals surface area (Å²) in [4.78, 5) is 10.9. The van der Waals surface area contributed by atoms with E-state index in [0.29, 0.717) is 6.61 Å². The van der Waals surface area contributed by atoms with Crippen LogP contribution in [0.15, 0.2) is 27.8 Å². The summed E-state index contributed by atoms with van der Waals surface area (Å²) in [5, 5.41) is 3.75. The third-order valence-electron chi connectivity index (χ3n) is 1.82. The number of nitrogens with zero attached hydrogens (tertiary/aromatic N) is 1. The van der Waals surface area contributed by atoms with Crippen molar-refractivity contribution in [3.63, 3.8) is 0 Å². The number of carbonyl (C=O) groups excluding carboxylic acids is 1. The predicted octanol–water partition coefficient (Wildman–Crippen LogP) is 2.54. The van der Waals surface area contributed by atoms with Crippen molar-refractivity contribution in [1.29, 1.82) is 0 Å². The Balaban J connectivity index is 2.60. The van der Waals surface area contributed by atoms with Crippen molar-refractivity contribution in [2.45, 2.75) is 6.92 Å². The zero-order chi connectivity index (χ0) is 12.7. The molecule has 6 heteroatoms. The van der Waals surface area contributed by atoms with Gasteiger partial charge in [-0.3, -0.25) is 0 Å². The Kier molecular flexibility index (Phi) is 5.48. The van der Waals surface area contributed by atoms with Crippen molar-refractivity contribution >= 4 is 28.2 Å². The highest BCUT2D eigenvalue weighted by Gasteiger charge is 2.00. The van der Waals surface area contributed by atoms with E-state index in [1.165, 1.54) is 6.21 Å². The lowest BCUT2D eigenvalue weighted by Crippen LogP contribution is -2.18. The molecule has 0 saturated carbocycles. The maximum atomic E-state index is 10.9. The van der Waals surface area contributed by atoms with Crippen LogP contribution in [0.3, 0.4) is 0 Å². The molecule has 0 bridgehead atoms. The maximum absolute atomic E-state index is 10.9. The van der Waals surface area contributed by atoms with Crippen molar-refractivity contribution < 1.29 is 14.3 Å². The number of hydrogen-bond acceptors (Lipinski definition) is 4. The van der Waals surface area contributed by atoms with Gasteiger partial charge in [-0.1, -0.05) is 0 Å². The highest BCUT2D eigenvalue weighted by Crippen LogP contribution is 2.24. The fraction of sp³-hybridized carbons (Fsp3) is 0.273. The van der Waals surface area contributed by atoms with Crippen molar-refractivity contribution in [3.05, 3.63) is 28.2 Å². The lowest BCUT2D eigenvalue weighted by Gasteiger charge is -2.03. The number of rotatable bonds is 4. The summed E-state index contributed by atoms with van der Waals surface area (Å²) >= 11 is 3.35. The molecule has 0 aliphatic heterocycles. The number of amides is 1. The summed E-state index contributed by atoms with van der Waals surface area (Å²) in [6, 6.07) is 5.45. The number of hydrogen-bond donors (Lipinski definition) is 1. The number of nitrogens with one attached hydrogen (secondary N) is 1. The van der Waals surface area contributed by atoms with E-state index in [1.54, 1.807) is 20.1 Å². The van der Waals surface area contributed by atoms with Crippen LogP contribution in [-0.4, -0.2) is 26.0 Å². The van der Waals surface area contributed by atoms with E-state index in [0.717, 1.165) is 15.8 Å². The number of benzene rings is 1. The van der Waals surface area contributed by atoms with Gasteiger partial charge in [0.25, 0.3) is 0 Å². The van der Waals surface area contributed by atoms with E-state index in [-0.39, 0.29) is 0 Å². The summed E-state index contributed by atoms with van der Waals surface area (Å²) in [7, 11) is 1.59. The number of halogens is 1. The largest absolute Gasteiger partial charge is 0.496 e. The molecule has 0 radical (unpaired) electrons. The van der Waals surface area contributed by atoms with Gasteiger partial charge >= 0.3 is 6.09 Å². The second-order valence-corrected chi connectivity index (χ2v) is 3.84. The van der Waals surface area contributed by atoms with Crippen LogP contribution >= 0.6 is 15.9 Å². The fourth-order valence-corrected chi connectivity index (χ4v) is 1.64. The Morgan fingerprint density at radius 2 is 2.35 bits per heavy atom. The molecule has 1 aromatic carbocycles. The van der Waals surface area contributed by atoms with E-state index in [4.69, 9.17) is 4.74 Å². The predicted molar refractivity (Wildman–Crippen MR) is 68.4 cm³/mol. The van der Waals surface area contributed by atoms with Crippen molar-refractivity contribution in [2.24, 2.45) is 5.10 Å². The molecule has 0 fully saturated rings. The lowest BCUT2D eigenvalue weighted by atomic mass is 10.2. The van der Waals surface area contributed by atoms with E-state index in [2.05, 4.69) is 31.2 Å². The number of methoxy groups -OCH3 is 1. The number of hydrazone groups is 1. The van der Waals surface area contributed by atoms with Gasteiger partial charge in [-0.25, -0.2) is 10.2 Å². The monoisotopic (exact) mass is 300 g/mol. The van der Waals surface area contributed by atoms with Crippen LogP contribution in [0, 0.1) is 0 Å². The standard InChI is InChI=1S/C11H13BrN2O3/c1-3-17-11(15)14-13-7-8-4-5-10(16-2)9(12)6-8/h4-7H,3H2,1-2H3,(H,14,15). The molecule has 1 amide bonds. The quantitative estimate of drug-likeness (QED) is 0.686. The summed E-state index contributed by atoms with van der Waals surface area (Å²) in [5.41, 5.74) is 3.07. The van der Waals surface area contributed by atoms with Gasteiger partial charge < -0.3 is 9.47 Å². The Hall–Kier alpha value is -1.56. The molecular weight excluding hydrogens is 288 g/mol. The summed E-state index contributed by atoms with van der Waals surface area (Å²) in [6.45, 7) is 2.04. The lowest BCUT2D eigenvalue weighted by molar-refractivity contribution is 0.152. The van der Waals surface area contributed by atoms with Crippen molar-refractivity contribution in [3.8, 4) is 5.75 Å². The van der Waals surface area contributed by atoms with Crippen LogP contribution < -0.4 is 10.2 Å². The molecule has 0 atom stereocenters. The molecule has 0 aromatic heterocycles. The zero-order valence-corrected chi connectivity index (χ0v) is 11.2. The summed E-state index contributed by atoms with van der Waals surface area (Å²) < 4.78 is 10.6. The van der Waals surface area contributed by atoms with E-state index in [1.807, 2.05) is 12.1 Å². The average molecular weight is 301 g/mol. The number of ether oxygens (including phenoxy) is 2. The molecule has 0 spiro atoms. The Labute approximate surface area is 108 Å². The first-order chi connectivity index (χ1) is 8.17. The minimum Gasteiger partial charge on any atom is -0.496 e. The van der Waals surface area contributed by atoms with Gasteiger partial charge in [0.1, 0.15) is 5.75 Å². The molecule has 1 rings (SSSR count). The molecule has 0 saturated heterocycles.